The molecule has 0 fully saturated rings. The number of para-hydroxylation sites is 1. The Bertz CT molecular complexity index is 642. The quantitative estimate of drug-likeness (QED) is 0.935. The van der Waals surface area contributed by atoms with E-state index in [9.17, 15) is 0 Å². The number of hydrogen-bond donors (Lipinski definition) is 1. The lowest BCUT2D eigenvalue weighted by Gasteiger charge is -2.17. The topological polar surface area (TPSA) is 44.5 Å². The molecule has 0 aliphatic carbocycles. The number of fused-ring (bicyclic) bond motifs is 1. The van der Waals surface area contributed by atoms with Crippen molar-refractivity contribution in [1.82, 2.24) is 0 Å². The first-order valence-electron chi connectivity index (χ1n) is 6.54. The van der Waals surface area contributed by atoms with Crippen LogP contribution in [0.15, 0.2) is 40.9 Å². The molecule has 1 aliphatic heterocycles. The van der Waals surface area contributed by atoms with Crippen LogP contribution in [-0.4, -0.2) is 13.7 Å². The summed E-state index contributed by atoms with van der Waals surface area (Å²) in [6, 6.07) is 11.9. The predicted octanol–water partition coefficient (Wildman–Crippen LogP) is 3.44. The van der Waals surface area contributed by atoms with Crippen LogP contribution in [0.2, 0.25) is 0 Å². The minimum Gasteiger partial charge on any atom is -0.496 e. The van der Waals surface area contributed by atoms with Crippen LogP contribution in [0.4, 0.5) is 0 Å². The van der Waals surface area contributed by atoms with Crippen LogP contribution in [0.25, 0.3) is 0 Å². The zero-order chi connectivity index (χ0) is 14.1. The summed E-state index contributed by atoms with van der Waals surface area (Å²) in [7, 11) is 1.65. The van der Waals surface area contributed by atoms with E-state index in [2.05, 4.69) is 22.0 Å². The van der Waals surface area contributed by atoms with Gasteiger partial charge >= 0.3 is 0 Å². The first-order chi connectivity index (χ1) is 9.70. The highest BCUT2D eigenvalue weighted by molar-refractivity contribution is 9.10. The van der Waals surface area contributed by atoms with Gasteiger partial charge in [0.2, 0.25) is 0 Å². The van der Waals surface area contributed by atoms with Gasteiger partial charge in [0.05, 0.1) is 24.2 Å². The maximum Gasteiger partial charge on any atom is 0.133 e. The molecule has 4 heteroatoms. The van der Waals surface area contributed by atoms with Crippen molar-refractivity contribution in [2.45, 2.75) is 12.5 Å². The molecule has 3 nitrogen and oxygen atoms in total. The van der Waals surface area contributed by atoms with E-state index in [4.69, 9.17) is 15.2 Å². The Hall–Kier alpha value is -1.52. The Labute approximate surface area is 126 Å². The molecular formula is C16H16BrNO2. The fourth-order valence-corrected chi connectivity index (χ4v) is 3.10. The zero-order valence-corrected chi connectivity index (χ0v) is 12.8. The molecule has 0 spiro atoms. The van der Waals surface area contributed by atoms with Crippen LogP contribution in [0, 0.1) is 0 Å². The van der Waals surface area contributed by atoms with E-state index in [1.54, 1.807) is 7.11 Å². The summed E-state index contributed by atoms with van der Waals surface area (Å²) in [5, 5.41) is 0. The van der Waals surface area contributed by atoms with Crippen molar-refractivity contribution < 1.29 is 9.47 Å². The van der Waals surface area contributed by atoms with Crippen molar-refractivity contribution in [3.05, 3.63) is 57.6 Å². The lowest BCUT2D eigenvalue weighted by molar-refractivity contribution is 0.352. The molecule has 104 valence electrons. The van der Waals surface area contributed by atoms with Gasteiger partial charge in [0.15, 0.2) is 0 Å². The molecular weight excluding hydrogens is 318 g/mol. The van der Waals surface area contributed by atoms with Gasteiger partial charge in [-0.2, -0.15) is 0 Å². The summed E-state index contributed by atoms with van der Waals surface area (Å²) < 4.78 is 11.9. The number of benzene rings is 2. The van der Waals surface area contributed by atoms with E-state index in [0.717, 1.165) is 40.1 Å². The van der Waals surface area contributed by atoms with Gasteiger partial charge in [0.25, 0.3) is 0 Å². The van der Waals surface area contributed by atoms with Crippen LogP contribution in [0.3, 0.4) is 0 Å². The number of ether oxygens (including phenoxy) is 2. The van der Waals surface area contributed by atoms with E-state index in [1.807, 2.05) is 30.3 Å². The zero-order valence-electron chi connectivity index (χ0n) is 11.2. The van der Waals surface area contributed by atoms with Gasteiger partial charge in [-0.25, -0.2) is 0 Å². The lowest BCUT2D eigenvalue weighted by Crippen LogP contribution is -2.13. The van der Waals surface area contributed by atoms with E-state index in [0.29, 0.717) is 0 Å². The third-order valence-corrected chi connectivity index (χ3v) is 4.23. The Kier molecular flexibility index (Phi) is 3.68. The molecule has 1 aliphatic rings. The second kappa shape index (κ2) is 5.46. The smallest absolute Gasteiger partial charge is 0.133 e. The van der Waals surface area contributed by atoms with Crippen LogP contribution in [0.5, 0.6) is 11.5 Å². The number of nitrogens with two attached hydrogens (primary N) is 1. The van der Waals surface area contributed by atoms with E-state index in [1.165, 1.54) is 5.56 Å². The van der Waals surface area contributed by atoms with Gasteiger partial charge in [-0.1, -0.05) is 24.3 Å². The van der Waals surface area contributed by atoms with Gasteiger partial charge in [-0.05, 0) is 39.2 Å². The van der Waals surface area contributed by atoms with E-state index < -0.39 is 0 Å². The SMILES string of the molecule is COc1ccc(C(N)c2cccc3c2OCC3)cc1Br. The van der Waals surface area contributed by atoms with Crippen molar-refractivity contribution in [3.8, 4) is 11.5 Å². The molecule has 3 rings (SSSR count). The highest BCUT2D eigenvalue weighted by Crippen LogP contribution is 2.36. The fourth-order valence-electron chi connectivity index (χ4n) is 2.54. The van der Waals surface area contributed by atoms with Crippen molar-refractivity contribution in [2.75, 3.05) is 13.7 Å². The highest BCUT2D eigenvalue weighted by atomic mass is 79.9. The summed E-state index contributed by atoms with van der Waals surface area (Å²) in [5.74, 6) is 1.75. The lowest BCUT2D eigenvalue weighted by atomic mass is 9.96. The van der Waals surface area contributed by atoms with Gasteiger partial charge < -0.3 is 15.2 Å². The molecule has 1 heterocycles. The molecule has 2 N–H and O–H groups in total. The Balaban J connectivity index is 1.99. The number of halogens is 1. The second-order valence-electron chi connectivity index (χ2n) is 4.81. The second-order valence-corrected chi connectivity index (χ2v) is 5.66. The molecule has 2 aromatic carbocycles. The molecule has 0 amide bonds. The molecule has 0 saturated carbocycles. The van der Waals surface area contributed by atoms with Gasteiger partial charge in [0, 0.05) is 12.0 Å². The largest absolute Gasteiger partial charge is 0.496 e. The summed E-state index contributed by atoms with van der Waals surface area (Å²) in [5.41, 5.74) is 9.72. The summed E-state index contributed by atoms with van der Waals surface area (Å²) >= 11 is 3.50. The summed E-state index contributed by atoms with van der Waals surface area (Å²) in [4.78, 5) is 0. The van der Waals surface area contributed by atoms with Crippen molar-refractivity contribution in [1.29, 1.82) is 0 Å². The maximum atomic E-state index is 6.41. The normalized spacial score (nSPS) is 14.6. The number of rotatable bonds is 3. The molecule has 0 bridgehead atoms. The summed E-state index contributed by atoms with van der Waals surface area (Å²) in [6.45, 7) is 0.741. The van der Waals surface area contributed by atoms with E-state index >= 15 is 0 Å². The molecule has 0 saturated heterocycles. The minimum atomic E-state index is -0.203. The standard InChI is InChI=1S/C16H16BrNO2/c1-19-14-6-5-11(9-13(14)17)15(18)12-4-2-3-10-7-8-20-16(10)12/h2-6,9,15H,7-8,18H2,1H3. The van der Waals surface area contributed by atoms with Gasteiger partial charge in [0.1, 0.15) is 11.5 Å². The Morgan fingerprint density at radius 2 is 2.15 bits per heavy atom. The van der Waals surface area contributed by atoms with Crippen LogP contribution >= 0.6 is 15.9 Å². The maximum absolute atomic E-state index is 6.41. The Morgan fingerprint density at radius 3 is 2.90 bits per heavy atom. The first kappa shape index (κ1) is 13.5. The average Bonchev–Trinajstić information content (AvgIpc) is 2.94. The van der Waals surface area contributed by atoms with Gasteiger partial charge in [-0.3, -0.25) is 0 Å². The number of methoxy groups -OCH3 is 1. The van der Waals surface area contributed by atoms with Crippen molar-refractivity contribution in [3.63, 3.8) is 0 Å². The molecule has 1 unspecified atom stereocenters. The average molecular weight is 334 g/mol. The van der Waals surface area contributed by atoms with E-state index in [-0.39, 0.29) is 6.04 Å². The highest BCUT2D eigenvalue weighted by Gasteiger charge is 2.21. The molecule has 1 atom stereocenters. The summed E-state index contributed by atoms with van der Waals surface area (Å²) in [6.07, 6.45) is 0.961. The third-order valence-electron chi connectivity index (χ3n) is 3.61. The molecule has 0 radical (unpaired) electrons. The predicted molar refractivity (Wildman–Crippen MR) is 82.4 cm³/mol. The number of hydrogen-bond acceptors (Lipinski definition) is 3. The van der Waals surface area contributed by atoms with Crippen LogP contribution < -0.4 is 15.2 Å². The first-order valence-corrected chi connectivity index (χ1v) is 7.33. The Morgan fingerprint density at radius 1 is 1.30 bits per heavy atom. The molecule has 20 heavy (non-hydrogen) atoms. The minimum absolute atomic E-state index is 0.203. The van der Waals surface area contributed by atoms with Crippen molar-refractivity contribution in [2.24, 2.45) is 5.73 Å². The fraction of sp³-hybridized carbons (Fsp3) is 0.250. The van der Waals surface area contributed by atoms with Gasteiger partial charge in [-0.15, -0.1) is 0 Å². The van der Waals surface area contributed by atoms with Crippen LogP contribution in [0.1, 0.15) is 22.7 Å². The van der Waals surface area contributed by atoms with Crippen molar-refractivity contribution >= 4 is 15.9 Å². The molecule has 0 aromatic heterocycles. The monoisotopic (exact) mass is 333 g/mol. The third kappa shape index (κ3) is 2.30. The van der Waals surface area contributed by atoms with Crippen LogP contribution in [-0.2, 0) is 6.42 Å². The molecule has 2 aromatic rings.